The van der Waals surface area contributed by atoms with Gasteiger partial charge in [0.25, 0.3) is 0 Å². The van der Waals surface area contributed by atoms with Gasteiger partial charge in [-0.2, -0.15) is 0 Å². The summed E-state index contributed by atoms with van der Waals surface area (Å²) in [4.78, 5) is 4.64. The molecule has 0 atom stereocenters. The van der Waals surface area contributed by atoms with E-state index in [2.05, 4.69) is 98.8 Å². The van der Waals surface area contributed by atoms with Gasteiger partial charge in [0, 0.05) is 18.3 Å². The fraction of sp³-hybridized carbons (Fsp3) is 0.382. The molecule has 0 heterocycles. The Balaban J connectivity index is 1.79. The van der Waals surface area contributed by atoms with Gasteiger partial charge in [-0.25, -0.2) is 4.99 Å². The maximum Gasteiger partial charge on any atom is 0.118 e. The SMILES string of the molecule is C=C(/N=C\C(/C=C(\C(=C)c1ccc(C2(N)CCC2)cc1)c1ccccc1)=C(C)C)NCCCCCCC. The van der Waals surface area contributed by atoms with Crippen LogP contribution in [0.25, 0.3) is 11.1 Å². The summed E-state index contributed by atoms with van der Waals surface area (Å²) in [5.74, 6) is 0.699. The Hall–Kier alpha value is -3.17. The van der Waals surface area contributed by atoms with E-state index in [-0.39, 0.29) is 5.54 Å². The third-order valence-electron chi connectivity index (χ3n) is 7.31. The first-order valence-corrected chi connectivity index (χ1v) is 13.8. The number of nitrogens with one attached hydrogen (secondary N) is 1. The molecule has 0 saturated heterocycles. The predicted octanol–water partition coefficient (Wildman–Crippen LogP) is 8.56. The van der Waals surface area contributed by atoms with Crippen LogP contribution in [0.15, 0.2) is 95.8 Å². The van der Waals surface area contributed by atoms with E-state index in [1.807, 2.05) is 12.3 Å². The summed E-state index contributed by atoms with van der Waals surface area (Å²) in [7, 11) is 0. The fourth-order valence-electron chi connectivity index (χ4n) is 4.59. The van der Waals surface area contributed by atoms with E-state index in [0.717, 1.165) is 53.7 Å². The van der Waals surface area contributed by atoms with Crippen molar-refractivity contribution in [1.82, 2.24) is 5.32 Å². The number of allylic oxidation sites excluding steroid dienone is 5. The second kappa shape index (κ2) is 13.9. The molecule has 3 N–H and O–H groups in total. The number of nitrogens with zero attached hydrogens (tertiary/aromatic N) is 1. The molecule has 0 aliphatic heterocycles. The van der Waals surface area contributed by atoms with Crippen LogP contribution in [0, 0.1) is 0 Å². The summed E-state index contributed by atoms with van der Waals surface area (Å²) in [6.07, 6.45) is 13.7. The molecular weight excluding hydrogens is 450 g/mol. The number of hydrogen-bond acceptors (Lipinski definition) is 3. The largest absolute Gasteiger partial charge is 0.371 e. The first-order chi connectivity index (χ1) is 17.8. The molecule has 0 aromatic heterocycles. The Morgan fingerprint density at radius 3 is 2.22 bits per heavy atom. The lowest BCUT2D eigenvalue weighted by molar-refractivity contribution is 0.253. The van der Waals surface area contributed by atoms with Crippen molar-refractivity contribution in [2.75, 3.05) is 6.54 Å². The molecule has 2 aromatic rings. The Morgan fingerprint density at radius 1 is 0.946 bits per heavy atom. The second-order valence-electron chi connectivity index (χ2n) is 10.5. The highest BCUT2D eigenvalue weighted by atomic mass is 15.0. The van der Waals surface area contributed by atoms with Crippen LogP contribution in [-0.4, -0.2) is 12.8 Å². The van der Waals surface area contributed by atoms with Crippen molar-refractivity contribution >= 4 is 17.4 Å². The second-order valence-corrected chi connectivity index (χ2v) is 10.5. The quantitative estimate of drug-likeness (QED) is 0.157. The van der Waals surface area contributed by atoms with Crippen LogP contribution in [0.5, 0.6) is 0 Å². The van der Waals surface area contributed by atoms with E-state index in [1.54, 1.807) is 0 Å². The molecule has 0 bridgehead atoms. The lowest BCUT2D eigenvalue weighted by Crippen LogP contribution is -2.43. The Labute approximate surface area is 225 Å². The first-order valence-electron chi connectivity index (χ1n) is 13.8. The third kappa shape index (κ3) is 8.16. The van der Waals surface area contributed by atoms with Gasteiger partial charge in [-0.3, -0.25) is 0 Å². The maximum absolute atomic E-state index is 6.55. The summed E-state index contributed by atoms with van der Waals surface area (Å²) >= 11 is 0. The molecule has 196 valence electrons. The van der Waals surface area contributed by atoms with E-state index in [1.165, 1.54) is 43.2 Å². The van der Waals surface area contributed by atoms with Crippen molar-refractivity contribution in [3.05, 3.63) is 107 Å². The van der Waals surface area contributed by atoms with Gasteiger partial charge >= 0.3 is 0 Å². The van der Waals surface area contributed by atoms with E-state index in [0.29, 0.717) is 5.82 Å². The van der Waals surface area contributed by atoms with Crippen molar-refractivity contribution in [3.8, 4) is 0 Å². The van der Waals surface area contributed by atoms with Crippen LogP contribution in [0.3, 0.4) is 0 Å². The molecule has 0 unspecified atom stereocenters. The zero-order chi connectivity index (χ0) is 26.7. The summed E-state index contributed by atoms with van der Waals surface area (Å²) in [6.45, 7) is 16.0. The fourth-order valence-corrected chi connectivity index (χ4v) is 4.59. The Morgan fingerprint density at radius 2 is 1.62 bits per heavy atom. The average molecular weight is 496 g/mol. The first kappa shape index (κ1) is 28.4. The Bertz CT molecular complexity index is 1130. The topological polar surface area (TPSA) is 50.4 Å². The van der Waals surface area contributed by atoms with Crippen LogP contribution in [-0.2, 0) is 5.54 Å². The number of aliphatic imine (C=N–C) groups is 1. The summed E-state index contributed by atoms with van der Waals surface area (Å²) in [5.41, 5.74) is 14.1. The number of rotatable bonds is 14. The molecule has 37 heavy (non-hydrogen) atoms. The van der Waals surface area contributed by atoms with E-state index >= 15 is 0 Å². The number of benzene rings is 2. The van der Waals surface area contributed by atoms with Gasteiger partial charge in [-0.1, -0.05) is 106 Å². The summed E-state index contributed by atoms with van der Waals surface area (Å²) < 4.78 is 0. The summed E-state index contributed by atoms with van der Waals surface area (Å²) in [6, 6.07) is 19.1. The monoisotopic (exact) mass is 495 g/mol. The van der Waals surface area contributed by atoms with E-state index in [9.17, 15) is 0 Å². The van der Waals surface area contributed by atoms with Crippen LogP contribution in [0.2, 0.25) is 0 Å². The van der Waals surface area contributed by atoms with Gasteiger partial charge < -0.3 is 11.1 Å². The molecule has 0 radical (unpaired) electrons. The minimum atomic E-state index is -0.157. The molecule has 0 spiro atoms. The normalized spacial score (nSPS) is 14.8. The molecule has 2 aromatic carbocycles. The maximum atomic E-state index is 6.55. The van der Waals surface area contributed by atoms with Gasteiger partial charge in [-0.15, -0.1) is 0 Å². The lowest BCUT2D eigenvalue weighted by atomic mass is 9.72. The van der Waals surface area contributed by atoms with Gasteiger partial charge in [0.2, 0.25) is 0 Å². The average Bonchev–Trinajstić information content (AvgIpc) is 2.89. The smallest absolute Gasteiger partial charge is 0.118 e. The number of unbranched alkanes of at least 4 members (excludes halogenated alkanes) is 4. The van der Waals surface area contributed by atoms with Crippen molar-refractivity contribution in [2.45, 2.75) is 77.7 Å². The minimum absolute atomic E-state index is 0.157. The van der Waals surface area contributed by atoms with Crippen LogP contribution < -0.4 is 11.1 Å². The third-order valence-corrected chi connectivity index (χ3v) is 7.31. The van der Waals surface area contributed by atoms with Crippen LogP contribution >= 0.6 is 0 Å². The molecule has 1 saturated carbocycles. The van der Waals surface area contributed by atoms with Gasteiger partial charge in [0.1, 0.15) is 5.82 Å². The molecule has 1 fully saturated rings. The molecule has 1 aliphatic rings. The lowest BCUT2D eigenvalue weighted by Gasteiger charge is -2.38. The Kier molecular flexibility index (Phi) is 10.7. The van der Waals surface area contributed by atoms with Gasteiger partial charge in [-0.05, 0) is 79.0 Å². The molecule has 3 rings (SSSR count). The van der Waals surface area contributed by atoms with Gasteiger partial charge in [0.15, 0.2) is 0 Å². The zero-order valence-corrected chi connectivity index (χ0v) is 23.2. The van der Waals surface area contributed by atoms with E-state index < -0.39 is 0 Å². The minimum Gasteiger partial charge on any atom is -0.371 e. The molecule has 3 nitrogen and oxygen atoms in total. The highest BCUT2D eigenvalue weighted by molar-refractivity contribution is 6.06. The van der Waals surface area contributed by atoms with Crippen molar-refractivity contribution in [3.63, 3.8) is 0 Å². The standard InChI is InChI=1S/C34H45N3/c1-6-7-8-9-13-23-36-28(5)37-25-31(26(2)3)24-33(30-15-11-10-12-16-30)27(4)29-17-19-32(20-18-29)34(35)21-14-22-34/h10-12,15-20,24-25,36H,4-9,13-14,21-23,35H2,1-3H3/b33-24+,37-25-. The van der Waals surface area contributed by atoms with E-state index in [4.69, 9.17) is 5.73 Å². The van der Waals surface area contributed by atoms with Crippen molar-refractivity contribution in [2.24, 2.45) is 10.7 Å². The van der Waals surface area contributed by atoms with Crippen LogP contribution in [0.1, 0.15) is 88.8 Å². The molecule has 0 amide bonds. The predicted molar refractivity (Wildman–Crippen MR) is 162 cm³/mol. The molecule has 3 heteroatoms. The highest BCUT2D eigenvalue weighted by Gasteiger charge is 2.34. The van der Waals surface area contributed by atoms with Gasteiger partial charge in [0.05, 0.1) is 0 Å². The zero-order valence-electron chi connectivity index (χ0n) is 23.2. The highest BCUT2D eigenvalue weighted by Crippen LogP contribution is 2.39. The molecular formula is C34H45N3. The summed E-state index contributed by atoms with van der Waals surface area (Å²) in [5, 5.41) is 3.35. The number of hydrogen-bond donors (Lipinski definition) is 2. The molecule has 1 aliphatic carbocycles. The van der Waals surface area contributed by atoms with Crippen molar-refractivity contribution in [1.29, 1.82) is 0 Å². The number of nitrogens with two attached hydrogens (primary N) is 1. The van der Waals surface area contributed by atoms with Crippen LogP contribution in [0.4, 0.5) is 0 Å². The van der Waals surface area contributed by atoms with Crippen molar-refractivity contribution < 1.29 is 0 Å².